The van der Waals surface area contributed by atoms with Crippen LogP contribution in [0.4, 0.5) is 0 Å². The highest BCUT2D eigenvalue weighted by molar-refractivity contribution is 7.98. The number of hydrogen-bond donors (Lipinski definition) is 2. The Balaban J connectivity index is 2.55. The fraction of sp³-hybridized carbons (Fsp3) is 0.700. The number of nitrogens with two attached hydrogens (primary N) is 1. The van der Waals surface area contributed by atoms with Crippen molar-refractivity contribution in [2.24, 2.45) is 5.84 Å². The van der Waals surface area contributed by atoms with Gasteiger partial charge in [0.25, 0.3) is 0 Å². The Morgan fingerprint density at radius 1 is 1.60 bits per heavy atom. The van der Waals surface area contributed by atoms with E-state index in [1.54, 1.807) is 11.8 Å². The largest absolute Gasteiger partial charge is 0.271 e. The minimum Gasteiger partial charge on any atom is -0.271 e. The van der Waals surface area contributed by atoms with Gasteiger partial charge in [0.05, 0.1) is 5.69 Å². The Bertz CT molecular complexity index is 285. The Morgan fingerprint density at radius 2 is 2.33 bits per heavy atom. The van der Waals surface area contributed by atoms with E-state index in [1.807, 2.05) is 10.9 Å². The second kappa shape index (κ2) is 6.15. The highest BCUT2D eigenvalue weighted by Gasteiger charge is 2.09. The number of thioether (sulfide) groups is 1. The predicted octanol–water partition coefficient (Wildman–Crippen LogP) is 1.20. The van der Waals surface area contributed by atoms with E-state index in [9.17, 15) is 0 Å². The van der Waals surface area contributed by atoms with Gasteiger partial charge in [-0.1, -0.05) is 0 Å². The molecule has 0 aliphatic heterocycles. The number of rotatable bonds is 6. The van der Waals surface area contributed by atoms with Crippen molar-refractivity contribution >= 4 is 11.8 Å². The molecule has 0 amide bonds. The molecule has 0 aliphatic rings. The predicted molar refractivity (Wildman–Crippen MR) is 65.8 cm³/mol. The normalized spacial score (nSPS) is 13.4. The second-order valence-corrected chi connectivity index (χ2v) is 4.81. The summed E-state index contributed by atoms with van der Waals surface area (Å²) >= 11 is 1.79. The Morgan fingerprint density at radius 3 is 2.80 bits per heavy atom. The maximum atomic E-state index is 5.48. The molecule has 86 valence electrons. The summed E-state index contributed by atoms with van der Waals surface area (Å²) < 4.78 is 1.97. The molecule has 15 heavy (non-hydrogen) atoms. The molecule has 5 heteroatoms. The van der Waals surface area contributed by atoms with E-state index in [2.05, 4.69) is 36.7 Å². The minimum absolute atomic E-state index is 0.301. The number of hydrogen-bond acceptors (Lipinski definition) is 4. The number of nitrogens with zero attached hydrogens (tertiary/aromatic N) is 2. The summed E-state index contributed by atoms with van der Waals surface area (Å²) in [6, 6.07) is 2.78. The van der Waals surface area contributed by atoms with E-state index < -0.39 is 0 Å². The first-order valence-corrected chi connectivity index (χ1v) is 6.55. The quantitative estimate of drug-likeness (QED) is 0.567. The molecule has 1 aromatic rings. The fourth-order valence-electron chi connectivity index (χ4n) is 1.39. The van der Waals surface area contributed by atoms with Crippen LogP contribution in [-0.4, -0.2) is 27.8 Å². The van der Waals surface area contributed by atoms with Crippen LogP contribution >= 0.6 is 11.8 Å². The third kappa shape index (κ3) is 3.85. The van der Waals surface area contributed by atoms with E-state index in [0.29, 0.717) is 12.1 Å². The average molecular weight is 228 g/mol. The molecule has 1 heterocycles. The molecule has 1 aromatic heterocycles. The fourth-order valence-corrected chi connectivity index (χ4v) is 2.01. The lowest BCUT2D eigenvalue weighted by atomic mass is 10.2. The van der Waals surface area contributed by atoms with Crippen molar-refractivity contribution in [2.75, 3.05) is 12.0 Å². The molecule has 0 aliphatic carbocycles. The van der Waals surface area contributed by atoms with E-state index in [1.165, 1.54) is 0 Å². The van der Waals surface area contributed by atoms with Crippen molar-refractivity contribution in [3.63, 3.8) is 0 Å². The molecule has 0 saturated heterocycles. The first-order chi connectivity index (χ1) is 7.17. The molecular formula is C10H20N4S. The van der Waals surface area contributed by atoms with Crippen molar-refractivity contribution in [1.29, 1.82) is 0 Å². The SMILES string of the molecule is CSCC(Cc1ccn(C(C)C)n1)NN. The van der Waals surface area contributed by atoms with Gasteiger partial charge in [-0.25, -0.2) is 0 Å². The summed E-state index contributed by atoms with van der Waals surface area (Å²) in [7, 11) is 0. The van der Waals surface area contributed by atoms with Crippen molar-refractivity contribution < 1.29 is 0 Å². The summed E-state index contributed by atoms with van der Waals surface area (Å²) in [6.07, 6.45) is 4.99. The first-order valence-electron chi connectivity index (χ1n) is 5.16. The van der Waals surface area contributed by atoms with Gasteiger partial charge >= 0.3 is 0 Å². The van der Waals surface area contributed by atoms with Gasteiger partial charge in [0.1, 0.15) is 0 Å². The van der Waals surface area contributed by atoms with Crippen molar-refractivity contribution in [3.8, 4) is 0 Å². The molecule has 1 atom stereocenters. The molecule has 1 rings (SSSR count). The summed E-state index contributed by atoms with van der Waals surface area (Å²) in [4.78, 5) is 0. The second-order valence-electron chi connectivity index (χ2n) is 3.90. The zero-order valence-corrected chi connectivity index (χ0v) is 10.4. The molecule has 0 spiro atoms. The minimum atomic E-state index is 0.301. The van der Waals surface area contributed by atoms with Crippen LogP contribution < -0.4 is 11.3 Å². The maximum Gasteiger partial charge on any atom is 0.0641 e. The van der Waals surface area contributed by atoms with Crippen LogP contribution in [0.5, 0.6) is 0 Å². The van der Waals surface area contributed by atoms with Crippen LogP contribution in [-0.2, 0) is 6.42 Å². The van der Waals surface area contributed by atoms with Crippen LogP contribution in [0.2, 0.25) is 0 Å². The molecular weight excluding hydrogens is 208 g/mol. The van der Waals surface area contributed by atoms with Gasteiger partial charge < -0.3 is 0 Å². The summed E-state index contributed by atoms with van der Waals surface area (Å²) in [5, 5.41) is 4.49. The first kappa shape index (κ1) is 12.5. The summed E-state index contributed by atoms with van der Waals surface area (Å²) in [5.41, 5.74) is 3.92. The van der Waals surface area contributed by atoms with Crippen molar-refractivity contribution in [1.82, 2.24) is 15.2 Å². The molecule has 0 bridgehead atoms. The monoisotopic (exact) mass is 228 g/mol. The molecule has 0 fully saturated rings. The van der Waals surface area contributed by atoms with E-state index in [4.69, 9.17) is 5.84 Å². The number of aromatic nitrogens is 2. The van der Waals surface area contributed by atoms with Gasteiger partial charge in [-0.05, 0) is 26.2 Å². The summed E-state index contributed by atoms with van der Waals surface area (Å²) in [6.45, 7) is 4.24. The van der Waals surface area contributed by atoms with Crippen LogP contribution in [0.25, 0.3) is 0 Å². The zero-order valence-electron chi connectivity index (χ0n) is 9.60. The molecule has 3 N–H and O–H groups in total. The smallest absolute Gasteiger partial charge is 0.0641 e. The van der Waals surface area contributed by atoms with Crippen LogP contribution in [0.15, 0.2) is 12.3 Å². The summed E-state index contributed by atoms with van der Waals surface area (Å²) in [5.74, 6) is 6.48. The van der Waals surface area contributed by atoms with Gasteiger partial charge in [-0.3, -0.25) is 16.0 Å². The maximum absolute atomic E-state index is 5.48. The lowest BCUT2D eigenvalue weighted by Gasteiger charge is -2.12. The van der Waals surface area contributed by atoms with Gasteiger partial charge in [0.2, 0.25) is 0 Å². The number of nitrogens with one attached hydrogen (secondary N) is 1. The third-order valence-corrected chi connectivity index (χ3v) is 2.99. The Hall–Kier alpha value is -0.520. The molecule has 4 nitrogen and oxygen atoms in total. The topological polar surface area (TPSA) is 55.9 Å². The van der Waals surface area contributed by atoms with Gasteiger partial charge in [-0.15, -0.1) is 0 Å². The molecule has 0 saturated carbocycles. The standard InChI is InChI=1S/C10H20N4S/c1-8(2)14-5-4-9(13-14)6-10(12-11)7-15-3/h4-5,8,10,12H,6-7,11H2,1-3H3. The van der Waals surface area contributed by atoms with E-state index in [-0.39, 0.29) is 0 Å². The van der Waals surface area contributed by atoms with Crippen molar-refractivity contribution in [2.45, 2.75) is 32.4 Å². The Kier molecular flexibility index (Phi) is 5.14. The molecule has 0 radical (unpaired) electrons. The highest BCUT2D eigenvalue weighted by atomic mass is 32.2. The molecule has 1 unspecified atom stereocenters. The van der Waals surface area contributed by atoms with Gasteiger partial charge in [0.15, 0.2) is 0 Å². The molecule has 0 aromatic carbocycles. The Labute approximate surface area is 95.6 Å². The van der Waals surface area contributed by atoms with Crippen molar-refractivity contribution in [3.05, 3.63) is 18.0 Å². The van der Waals surface area contributed by atoms with E-state index in [0.717, 1.165) is 17.9 Å². The highest BCUT2D eigenvalue weighted by Crippen LogP contribution is 2.08. The third-order valence-electron chi connectivity index (χ3n) is 2.25. The van der Waals surface area contributed by atoms with Gasteiger partial charge in [-0.2, -0.15) is 16.9 Å². The lowest BCUT2D eigenvalue weighted by Crippen LogP contribution is -2.38. The lowest BCUT2D eigenvalue weighted by molar-refractivity contribution is 0.513. The van der Waals surface area contributed by atoms with Crippen LogP contribution in [0, 0.1) is 0 Å². The zero-order chi connectivity index (χ0) is 11.3. The van der Waals surface area contributed by atoms with Crippen LogP contribution in [0.1, 0.15) is 25.6 Å². The van der Waals surface area contributed by atoms with E-state index >= 15 is 0 Å². The average Bonchev–Trinajstić information content (AvgIpc) is 2.65. The van der Waals surface area contributed by atoms with Gasteiger partial charge in [0, 0.05) is 30.5 Å². The number of hydrazine groups is 1. The van der Waals surface area contributed by atoms with Crippen LogP contribution in [0.3, 0.4) is 0 Å².